The highest BCUT2D eigenvalue weighted by Gasteiger charge is 2.22. The second kappa shape index (κ2) is 11.9. The molecule has 0 spiro atoms. The molecule has 0 bridgehead atoms. The summed E-state index contributed by atoms with van der Waals surface area (Å²) in [7, 11) is 4.12. The van der Waals surface area contributed by atoms with Crippen LogP contribution in [-0.4, -0.2) is 45.0 Å². The SMILES string of the molecule is COc1ccccc1C(=O)NNC(=O)c1cccc(C(=O)NNC(=O)c2ccccc2OC)c1OC. The van der Waals surface area contributed by atoms with Gasteiger partial charge >= 0.3 is 0 Å². The van der Waals surface area contributed by atoms with Crippen LogP contribution in [-0.2, 0) is 0 Å². The lowest BCUT2D eigenvalue weighted by atomic mass is 10.1. The number of para-hydroxylation sites is 3. The summed E-state index contributed by atoms with van der Waals surface area (Å²) < 4.78 is 15.6. The summed E-state index contributed by atoms with van der Waals surface area (Å²) in [6.07, 6.45) is 0. The van der Waals surface area contributed by atoms with E-state index in [4.69, 9.17) is 14.2 Å². The van der Waals surface area contributed by atoms with E-state index in [2.05, 4.69) is 21.7 Å². The Labute approximate surface area is 206 Å². The van der Waals surface area contributed by atoms with E-state index in [9.17, 15) is 19.2 Å². The predicted molar refractivity (Wildman–Crippen MR) is 129 cm³/mol. The Kier molecular flexibility index (Phi) is 8.44. The summed E-state index contributed by atoms with van der Waals surface area (Å²) >= 11 is 0. The van der Waals surface area contributed by atoms with E-state index in [1.165, 1.54) is 51.7 Å². The molecule has 0 heterocycles. The van der Waals surface area contributed by atoms with Gasteiger partial charge in [-0.05, 0) is 36.4 Å². The Bertz CT molecular complexity index is 1200. The van der Waals surface area contributed by atoms with Gasteiger partial charge in [0.25, 0.3) is 23.6 Å². The van der Waals surface area contributed by atoms with Crippen LogP contribution < -0.4 is 35.9 Å². The molecule has 11 heteroatoms. The smallest absolute Gasteiger partial charge is 0.273 e. The molecule has 36 heavy (non-hydrogen) atoms. The van der Waals surface area contributed by atoms with E-state index >= 15 is 0 Å². The fourth-order valence-corrected chi connectivity index (χ4v) is 3.28. The molecule has 0 fully saturated rings. The van der Waals surface area contributed by atoms with Crippen molar-refractivity contribution in [3.63, 3.8) is 0 Å². The largest absolute Gasteiger partial charge is 0.496 e. The van der Waals surface area contributed by atoms with Gasteiger partial charge in [-0.15, -0.1) is 0 Å². The topological polar surface area (TPSA) is 144 Å². The molecule has 0 aliphatic heterocycles. The number of benzene rings is 3. The van der Waals surface area contributed by atoms with Crippen molar-refractivity contribution in [3.8, 4) is 17.2 Å². The van der Waals surface area contributed by atoms with Crippen LogP contribution in [0.4, 0.5) is 0 Å². The zero-order chi connectivity index (χ0) is 26.1. The Hall–Kier alpha value is -5.06. The third-order valence-corrected chi connectivity index (χ3v) is 4.99. The Balaban J connectivity index is 1.70. The first-order valence-corrected chi connectivity index (χ1v) is 10.6. The van der Waals surface area contributed by atoms with Crippen molar-refractivity contribution in [2.45, 2.75) is 0 Å². The van der Waals surface area contributed by atoms with Crippen LogP contribution in [0.5, 0.6) is 17.2 Å². The summed E-state index contributed by atoms with van der Waals surface area (Å²) in [6, 6.07) is 17.3. The second-order valence-electron chi connectivity index (χ2n) is 7.10. The summed E-state index contributed by atoms with van der Waals surface area (Å²) in [5.41, 5.74) is 9.54. The fourth-order valence-electron chi connectivity index (χ4n) is 3.28. The van der Waals surface area contributed by atoms with Crippen LogP contribution in [0.1, 0.15) is 41.4 Å². The average molecular weight is 492 g/mol. The van der Waals surface area contributed by atoms with Gasteiger partial charge in [-0.3, -0.25) is 40.9 Å². The number of nitrogens with one attached hydrogen (secondary N) is 4. The minimum absolute atomic E-state index is 0.0264. The minimum Gasteiger partial charge on any atom is -0.496 e. The highest BCUT2D eigenvalue weighted by atomic mass is 16.5. The van der Waals surface area contributed by atoms with Crippen LogP contribution in [0.2, 0.25) is 0 Å². The zero-order valence-electron chi connectivity index (χ0n) is 19.7. The van der Waals surface area contributed by atoms with E-state index < -0.39 is 23.6 Å². The number of carbonyl (C=O) groups excluding carboxylic acids is 4. The Morgan fingerprint density at radius 1 is 0.472 bits per heavy atom. The van der Waals surface area contributed by atoms with Crippen molar-refractivity contribution in [1.29, 1.82) is 0 Å². The van der Waals surface area contributed by atoms with Crippen molar-refractivity contribution < 1.29 is 33.4 Å². The van der Waals surface area contributed by atoms with Crippen molar-refractivity contribution in [1.82, 2.24) is 21.7 Å². The number of amides is 4. The van der Waals surface area contributed by atoms with Crippen LogP contribution in [0.15, 0.2) is 66.7 Å². The molecule has 0 saturated carbocycles. The maximum Gasteiger partial charge on any atom is 0.273 e. The van der Waals surface area contributed by atoms with E-state index in [-0.39, 0.29) is 28.0 Å². The molecule has 3 rings (SSSR count). The number of carbonyl (C=O) groups is 4. The summed E-state index contributed by atoms with van der Waals surface area (Å²) in [5.74, 6) is -2.08. The molecule has 0 atom stereocenters. The van der Waals surface area contributed by atoms with E-state index in [1.54, 1.807) is 36.4 Å². The van der Waals surface area contributed by atoms with E-state index in [1.807, 2.05) is 0 Å². The standard InChI is InChI=1S/C25H24N4O7/c1-34-19-13-6-4-9-15(19)22(30)26-28-24(32)17-11-8-12-18(21(17)36-3)25(33)29-27-23(31)16-10-5-7-14-20(16)35-2/h4-14H,1-3H3,(H,26,30)(H,27,31)(H,28,32)(H,29,33). The molecule has 0 aliphatic carbocycles. The molecule has 11 nitrogen and oxygen atoms in total. The molecule has 3 aromatic rings. The molecule has 0 unspecified atom stereocenters. The van der Waals surface area contributed by atoms with Crippen LogP contribution in [0, 0.1) is 0 Å². The van der Waals surface area contributed by atoms with Crippen molar-refractivity contribution in [3.05, 3.63) is 89.0 Å². The number of ether oxygens (including phenoxy) is 3. The molecule has 0 saturated heterocycles. The van der Waals surface area contributed by atoms with E-state index in [0.29, 0.717) is 11.5 Å². The van der Waals surface area contributed by atoms with Gasteiger partial charge in [0.05, 0.1) is 43.6 Å². The van der Waals surface area contributed by atoms with Crippen LogP contribution >= 0.6 is 0 Å². The summed E-state index contributed by atoms with van der Waals surface area (Å²) in [5, 5.41) is 0. The quantitative estimate of drug-likeness (QED) is 0.369. The minimum atomic E-state index is -0.734. The summed E-state index contributed by atoms with van der Waals surface area (Å²) in [4.78, 5) is 50.4. The van der Waals surface area contributed by atoms with E-state index in [0.717, 1.165) is 0 Å². The Morgan fingerprint density at radius 3 is 1.17 bits per heavy atom. The van der Waals surface area contributed by atoms with Crippen molar-refractivity contribution in [2.24, 2.45) is 0 Å². The second-order valence-corrected chi connectivity index (χ2v) is 7.10. The average Bonchev–Trinajstić information content (AvgIpc) is 2.93. The molecule has 0 aromatic heterocycles. The van der Waals surface area contributed by atoms with Gasteiger partial charge < -0.3 is 14.2 Å². The van der Waals surface area contributed by atoms with Crippen LogP contribution in [0.3, 0.4) is 0 Å². The third kappa shape index (κ3) is 5.70. The maximum absolute atomic E-state index is 12.8. The molecular formula is C25H24N4O7. The molecule has 4 amide bonds. The van der Waals surface area contributed by atoms with Gasteiger partial charge in [0, 0.05) is 0 Å². The molecule has 186 valence electrons. The van der Waals surface area contributed by atoms with Crippen LogP contribution in [0.25, 0.3) is 0 Å². The number of hydrogen-bond acceptors (Lipinski definition) is 7. The van der Waals surface area contributed by atoms with Gasteiger partial charge in [0.15, 0.2) is 0 Å². The van der Waals surface area contributed by atoms with Gasteiger partial charge in [-0.25, -0.2) is 0 Å². The monoisotopic (exact) mass is 492 g/mol. The molecular weight excluding hydrogens is 468 g/mol. The maximum atomic E-state index is 12.8. The predicted octanol–water partition coefficient (Wildman–Crippen LogP) is 1.86. The lowest BCUT2D eigenvalue weighted by Crippen LogP contribution is -2.43. The Morgan fingerprint density at radius 2 is 0.806 bits per heavy atom. The molecule has 0 aliphatic rings. The number of rotatable bonds is 7. The van der Waals surface area contributed by atoms with Gasteiger partial charge in [-0.1, -0.05) is 30.3 Å². The number of hydrogen-bond donors (Lipinski definition) is 4. The third-order valence-electron chi connectivity index (χ3n) is 4.99. The van der Waals surface area contributed by atoms with Crippen molar-refractivity contribution >= 4 is 23.6 Å². The van der Waals surface area contributed by atoms with Gasteiger partial charge in [0.2, 0.25) is 0 Å². The molecule has 4 N–H and O–H groups in total. The number of methoxy groups -OCH3 is 3. The highest BCUT2D eigenvalue weighted by Crippen LogP contribution is 2.24. The molecule has 3 aromatic carbocycles. The fraction of sp³-hybridized carbons (Fsp3) is 0.120. The van der Waals surface area contributed by atoms with Crippen molar-refractivity contribution in [2.75, 3.05) is 21.3 Å². The zero-order valence-corrected chi connectivity index (χ0v) is 19.7. The lowest BCUT2D eigenvalue weighted by molar-refractivity contribution is 0.0837. The number of hydrazine groups is 2. The lowest BCUT2D eigenvalue weighted by Gasteiger charge is -2.15. The van der Waals surface area contributed by atoms with Gasteiger partial charge in [0.1, 0.15) is 17.2 Å². The first-order valence-electron chi connectivity index (χ1n) is 10.6. The highest BCUT2D eigenvalue weighted by molar-refractivity contribution is 6.06. The van der Waals surface area contributed by atoms with Gasteiger partial charge in [-0.2, -0.15) is 0 Å². The summed E-state index contributed by atoms with van der Waals surface area (Å²) in [6.45, 7) is 0. The first kappa shape index (κ1) is 25.6. The molecule has 0 radical (unpaired) electrons. The normalized spacial score (nSPS) is 9.97. The first-order chi connectivity index (χ1) is 17.4.